The Kier molecular flexibility index (Phi) is 4.92. The number of carbonyl (C=O) groups is 1. The number of thiophene rings is 1. The third-order valence-electron chi connectivity index (χ3n) is 2.59. The van der Waals surface area contributed by atoms with E-state index in [1.807, 2.05) is 19.1 Å². The van der Waals surface area contributed by atoms with Gasteiger partial charge in [0.15, 0.2) is 0 Å². The van der Waals surface area contributed by atoms with Gasteiger partial charge in [-0.15, -0.1) is 11.3 Å². The number of nitrogens with zero attached hydrogens (tertiary/aromatic N) is 1. The average Bonchev–Trinajstić information content (AvgIpc) is 2.91. The second-order valence-electron chi connectivity index (χ2n) is 3.97. The summed E-state index contributed by atoms with van der Waals surface area (Å²) < 4.78 is 6.11. The van der Waals surface area contributed by atoms with Crippen molar-refractivity contribution in [1.82, 2.24) is 5.43 Å². The van der Waals surface area contributed by atoms with E-state index in [0.717, 1.165) is 14.4 Å². The predicted molar refractivity (Wildman–Crippen MR) is 84.7 cm³/mol. The van der Waals surface area contributed by atoms with Crippen LogP contribution in [0.25, 0.3) is 0 Å². The summed E-state index contributed by atoms with van der Waals surface area (Å²) in [4.78, 5) is 13.0. The molecule has 4 nitrogen and oxygen atoms in total. The molecule has 104 valence electrons. The zero-order valence-corrected chi connectivity index (χ0v) is 13.4. The highest BCUT2D eigenvalue weighted by Gasteiger charge is 2.07. The zero-order valence-electron chi connectivity index (χ0n) is 11.0. The Hall–Kier alpha value is -1.66. The first-order valence-corrected chi connectivity index (χ1v) is 7.45. The van der Waals surface area contributed by atoms with Gasteiger partial charge in [-0.25, -0.2) is 5.43 Å². The molecule has 0 radical (unpaired) electrons. The molecule has 0 bridgehead atoms. The van der Waals surface area contributed by atoms with Gasteiger partial charge in [-0.3, -0.25) is 4.79 Å². The van der Waals surface area contributed by atoms with Crippen LogP contribution < -0.4 is 10.2 Å². The first-order valence-electron chi connectivity index (χ1n) is 5.84. The van der Waals surface area contributed by atoms with Gasteiger partial charge in [0.05, 0.1) is 21.5 Å². The number of hydrogen-bond acceptors (Lipinski definition) is 4. The number of hydrogen-bond donors (Lipinski definition) is 1. The number of hydrazone groups is 1. The van der Waals surface area contributed by atoms with Gasteiger partial charge in [0, 0.05) is 5.56 Å². The highest BCUT2D eigenvalue weighted by molar-refractivity contribution is 9.11. The lowest BCUT2D eigenvalue weighted by Crippen LogP contribution is -2.19. The maximum Gasteiger partial charge on any atom is 0.271 e. The summed E-state index contributed by atoms with van der Waals surface area (Å²) in [5.74, 6) is 0.374. The first-order chi connectivity index (χ1) is 9.60. The standard InChI is InChI=1S/C14H13BrN2O2S/c1-9(12-6-7-13(15)20-12)16-17-14(18)10-4-3-5-11(8-10)19-2/h3-8H,1-2H3,(H,17,18)/b16-9+. The Morgan fingerprint density at radius 2 is 2.15 bits per heavy atom. The molecule has 0 aliphatic rings. The van der Waals surface area contributed by atoms with Crippen molar-refractivity contribution in [2.24, 2.45) is 5.10 Å². The van der Waals surface area contributed by atoms with Crippen LogP contribution in [0.1, 0.15) is 22.2 Å². The third-order valence-corrected chi connectivity index (χ3v) is 4.32. The van der Waals surface area contributed by atoms with E-state index >= 15 is 0 Å². The van der Waals surface area contributed by atoms with E-state index in [1.165, 1.54) is 0 Å². The molecular formula is C14H13BrN2O2S. The van der Waals surface area contributed by atoms with E-state index < -0.39 is 0 Å². The number of amides is 1. The SMILES string of the molecule is COc1cccc(C(=O)N/N=C(\C)c2ccc(Br)s2)c1. The Balaban J connectivity index is 2.07. The van der Waals surface area contributed by atoms with Crippen molar-refractivity contribution in [3.63, 3.8) is 0 Å². The van der Waals surface area contributed by atoms with E-state index in [-0.39, 0.29) is 5.91 Å². The van der Waals surface area contributed by atoms with Crippen LogP contribution in [0.15, 0.2) is 45.3 Å². The number of rotatable bonds is 4. The molecule has 0 unspecified atom stereocenters. The smallest absolute Gasteiger partial charge is 0.271 e. The molecule has 0 fully saturated rings. The summed E-state index contributed by atoms with van der Waals surface area (Å²) in [6.45, 7) is 1.85. The lowest BCUT2D eigenvalue weighted by molar-refractivity contribution is 0.0954. The third kappa shape index (κ3) is 3.68. The molecule has 20 heavy (non-hydrogen) atoms. The van der Waals surface area contributed by atoms with Gasteiger partial charge in [0.1, 0.15) is 5.75 Å². The van der Waals surface area contributed by atoms with Crippen LogP contribution in [0.3, 0.4) is 0 Å². The van der Waals surface area contributed by atoms with Crippen molar-refractivity contribution in [3.8, 4) is 5.75 Å². The molecule has 0 aliphatic heterocycles. The summed E-state index contributed by atoms with van der Waals surface area (Å²) in [5.41, 5.74) is 3.81. The number of methoxy groups -OCH3 is 1. The number of ether oxygens (including phenoxy) is 1. The van der Waals surface area contributed by atoms with Crippen molar-refractivity contribution in [2.45, 2.75) is 6.92 Å². The van der Waals surface area contributed by atoms with Gasteiger partial charge in [0.2, 0.25) is 0 Å². The summed E-state index contributed by atoms with van der Waals surface area (Å²) in [5, 5.41) is 4.11. The average molecular weight is 353 g/mol. The van der Waals surface area contributed by atoms with Crippen molar-refractivity contribution in [1.29, 1.82) is 0 Å². The minimum absolute atomic E-state index is 0.265. The predicted octanol–water partition coefficient (Wildman–Crippen LogP) is 3.67. The molecule has 0 saturated carbocycles. The fourth-order valence-corrected chi connectivity index (χ4v) is 2.86. The highest BCUT2D eigenvalue weighted by Crippen LogP contribution is 2.22. The van der Waals surface area contributed by atoms with Crippen molar-refractivity contribution in [3.05, 3.63) is 50.6 Å². The molecule has 1 N–H and O–H groups in total. The molecule has 0 saturated heterocycles. The molecule has 6 heteroatoms. The van der Waals surface area contributed by atoms with Gasteiger partial charge in [-0.05, 0) is 53.2 Å². The lowest BCUT2D eigenvalue weighted by atomic mass is 10.2. The lowest BCUT2D eigenvalue weighted by Gasteiger charge is -2.03. The van der Waals surface area contributed by atoms with E-state index in [0.29, 0.717) is 11.3 Å². The minimum atomic E-state index is -0.265. The van der Waals surface area contributed by atoms with Gasteiger partial charge < -0.3 is 4.74 Å². The Bertz CT molecular complexity index is 652. The van der Waals surface area contributed by atoms with Crippen molar-refractivity contribution >= 4 is 38.9 Å². The molecule has 0 atom stereocenters. The molecule has 1 aromatic heterocycles. The number of halogens is 1. The quantitative estimate of drug-likeness (QED) is 0.674. The summed E-state index contributed by atoms with van der Waals surface area (Å²) in [6, 6.07) is 10.8. The Morgan fingerprint density at radius 3 is 2.80 bits per heavy atom. The van der Waals surface area contributed by atoms with Gasteiger partial charge in [-0.2, -0.15) is 5.10 Å². The monoisotopic (exact) mass is 352 g/mol. The van der Waals surface area contributed by atoms with Crippen LogP contribution in [0.4, 0.5) is 0 Å². The molecule has 1 aromatic carbocycles. The van der Waals surface area contributed by atoms with E-state index in [2.05, 4.69) is 26.5 Å². The van der Waals surface area contributed by atoms with E-state index in [9.17, 15) is 4.79 Å². The maximum atomic E-state index is 12.0. The Labute approximate surface area is 129 Å². The molecule has 2 aromatic rings. The molecule has 0 spiro atoms. The summed E-state index contributed by atoms with van der Waals surface area (Å²) in [6.07, 6.45) is 0. The van der Waals surface area contributed by atoms with E-state index in [1.54, 1.807) is 42.7 Å². The number of benzene rings is 1. The highest BCUT2D eigenvalue weighted by atomic mass is 79.9. The van der Waals surface area contributed by atoms with Gasteiger partial charge in [-0.1, -0.05) is 6.07 Å². The number of carbonyl (C=O) groups excluding carboxylic acids is 1. The van der Waals surface area contributed by atoms with Crippen LogP contribution in [-0.4, -0.2) is 18.7 Å². The van der Waals surface area contributed by atoms with Crippen molar-refractivity contribution in [2.75, 3.05) is 7.11 Å². The Morgan fingerprint density at radius 1 is 1.35 bits per heavy atom. The normalized spacial score (nSPS) is 11.2. The molecular weight excluding hydrogens is 340 g/mol. The fourth-order valence-electron chi connectivity index (χ4n) is 1.53. The van der Waals surface area contributed by atoms with Crippen LogP contribution >= 0.6 is 27.3 Å². The van der Waals surface area contributed by atoms with Crippen LogP contribution in [-0.2, 0) is 0 Å². The molecule has 0 aliphatic carbocycles. The molecule has 1 heterocycles. The maximum absolute atomic E-state index is 12.0. The van der Waals surface area contributed by atoms with Crippen LogP contribution in [0.5, 0.6) is 5.75 Å². The second kappa shape index (κ2) is 6.67. The van der Waals surface area contributed by atoms with Crippen LogP contribution in [0, 0.1) is 0 Å². The molecule has 2 rings (SSSR count). The zero-order chi connectivity index (χ0) is 14.5. The largest absolute Gasteiger partial charge is 0.497 e. The fraction of sp³-hybridized carbons (Fsp3) is 0.143. The first kappa shape index (κ1) is 14.7. The van der Waals surface area contributed by atoms with Gasteiger partial charge >= 0.3 is 0 Å². The summed E-state index contributed by atoms with van der Waals surface area (Å²) >= 11 is 4.96. The minimum Gasteiger partial charge on any atom is -0.497 e. The number of nitrogens with one attached hydrogen (secondary N) is 1. The van der Waals surface area contributed by atoms with E-state index in [4.69, 9.17) is 4.74 Å². The molecule has 1 amide bonds. The topological polar surface area (TPSA) is 50.7 Å². The van der Waals surface area contributed by atoms with Crippen LogP contribution in [0.2, 0.25) is 0 Å². The van der Waals surface area contributed by atoms with Gasteiger partial charge in [0.25, 0.3) is 5.91 Å². The van der Waals surface area contributed by atoms with Crippen molar-refractivity contribution < 1.29 is 9.53 Å². The summed E-state index contributed by atoms with van der Waals surface area (Å²) in [7, 11) is 1.56. The second-order valence-corrected chi connectivity index (χ2v) is 6.44.